The lowest BCUT2D eigenvalue weighted by molar-refractivity contribution is -0.138. The molecule has 2 aliphatic carbocycles. The third kappa shape index (κ3) is 1.89. The molecule has 0 heterocycles. The van der Waals surface area contributed by atoms with E-state index < -0.39 is 23.7 Å². The Bertz CT molecular complexity index is 494. The lowest BCUT2D eigenvalue weighted by Crippen LogP contribution is -2.16. The van der Waals surface area contributed by atoms with E-state index in [0.717, 1.165) is 5.56 Å². The number of aliphatic carboxylic acids is 1. The highest BCUT2D eigenvalue weighted by Crippen LogP contribution is 2.52. The number of carbonyl (C=O) groups is 1. The van der Waals surface area contributed by atoms with Gasteiger partial charge in [-0.15, -0.1) is 0 Å². The van der Waals surface area contributed by atoms with E-state index in [2.05, 4.69) is 0 Å². The third-order valence-corrected chi connectivity index (χ3v) is 3.90. The smallest absolute Gasteiger partial charge is 0.307 e. The summed E-state index contributed by atoms with van der Waals surface area (Å²) in [6.45, 7) is 0. The highest BCUT2D eigenvalue weighted by atomic mass is 19.3. The van der Waals surface area contributed by atoms with E-state index in [0.29, 0.717) is 19.3 Å². The Labute approximate surface area is 104 Å². The number of halogens is 2. The molecule has 0 aliphatic heterocycles. The van der Waals surface area contributed by atoms with E-state index >= 15 is 0 Å². The summed E-state index contributed by atoms with van der Waals surface area (Å²) in [5.41, 5.74) is 0.777. The fourth-order valence-corrected chi connectivity index (χ4v) is 2.49. The number of rotatable bonds is 4. The highest BCUT2D eigenvalue weighted by molar-refractivity contribution is 5.75. The van der Waals surface area contributed by atoms with Gasteiger partial charge in [-0.05, 0) is 36.8 Å². The second-order valence-electron chi connectivity index (χ2n) is 5.31. The van der Waals surface area contributed by atoms with Gasteiger partial charge in [0.2, 0.25) is 0 Å². The van der Waals surface area contributed by atoms with Gasteiger partial charge >= 0.3 is 5.97 Å². The van der Waals surface area contributed by atoms with Gasteiger partial charge in [0.1, 0.15) is 0 Å². The van der Waals surface area contributed by atoms with E-state index in [1.54, 1.807) is 12.1 Å². The van der Waals surface area contributed by atoms with Crippen molar-refractivity contribution in [1.82, 2.24) is 0 Å². The molecule has 0 amide bonds. The normalized spacial score (nSPS) is 27.0. The standard InChI is InChI=1S/C14H14F2O2/c15-14(16,9-4-5-9)10-3-1-2-8(6-10)11-7-12(11)13(17)18/h1-3,6,9,11-12H,4-5,7H2,(H,17,18). The molecule has 18 heavy (non-hydrogen) atoms. The van der Waals surface area contributed by atoms with Crippen LogP contribution < -0.4 is 0 Å². The van der Waals surface area contributed by atoms with Crippen LogP contribution in [-0.2, 0) is 10.7 Å². The summed E-state index contributed by atoms with van der Waals surface area (Å²) >= 11 is 0. The molecule has 0 aromatic heterocycles. The molecule has 0 saturated heterocycles. The summed E-state index contributed by atoms with van der Waals surface area (Å²) in [4.78, 5) is 10.8. The van der Waals surface area contributed by atoms with Crippen LogP contribution >= 0.6 is 0 Å². The molecule has 0 bridgehead atoms. The molecular weight excluding hydrogens is 238 g/mol. The van der Waals surface area contributed by atoms with E-state index in [9.17, 15) is 13.6 Å². The van der Waals surface area contributed by atoms with Crippen LogP contribution in [0.3, 0.4) is 0 Å². The van der Waals surface area contributed by atoms with Crippen molar-refractivity contribution in [2.45, 2.75) is 31.1 Å². The summed E-state index contributed by atoms with van der Waals surface area (Å²) in [6.07, 6.45) is 1.73. The highest BCUT2D eigenvalue weighted by Gasteiger charge is 2.49. The minimum Gasteiger partial charge on any atom is -0.481 e. The molecule has 2 unspecified atom stereocenters. The van der Waals surface area contributed by atoms with Crippen molar-refractivity contribution >= 4 is 5.97 Å². The molecule has 2 fully saturated rings. The van der Waals surface area contributed by atoms with Crippen molar-refractivity contribution in [3.05, 3.63) is 35.4 Å². The predicted molar refractivity (Wildman–Crippen MR) is 61.5 cm³/mol. The predicted octanol–water partition coefficient (Wildman–Crippen LogP) is 3.38. The number of carboxylic acid groups (broad SMARTS) is 1. The first-order valence-electron chi connectivity index (χ1n) is 6.21. The molecule has 0 spiro atoms. The maximum absolute atomic E-state index is 13.9. The van der Waals surface area contributed by atoms with E-state index in [1.165, 1.54) is 12.1 Å². The SMILES string of the molecule is O=C(O)C1CC1c1cccc(C(F)(F)C2CC2)c1. The quantitative estimate of drug-likeness (QED) is 0.892. The Morgan fingerprint density at radius 3 is 2.61 bits per heavy atom. The molecular formula is C14H14F2O2. The van der Waals surface area contributed by atoms with Gasteiger partial charge in [0.25, 0.3) is 5.92 Å². The number of hydrogen-bond donors (Lipinski definition) is 1. The fraction of sp³-hybridized carbons (Fsp3) is 0.500. The van der Waals surface area contributed by atoms with E-state index in [4.69, 9.17) is 5.11 Å². The van der Waals surface area contributed by atoms with E-state index in [-0.39, 0.29) is 11.5 Å². The van der Waals surface area contributed by atoms with Crippen molar-refractivity contribution in [2.24, 2.45) is 11.8 Å². The van der Waals surface area contributed by atoms with Crippen molar-refractivity contribution in [2.75, 3.05) is 0 Å². The molecule has 1 aromatic rings. The van der Waals surface area contributed by atoms with Crippen molar-refractivity contribution < 1.29 is 18.7 Å². The van der Waals surface area contributed by atoms with Crippen LogP contribution in [0.4, 0.5) is 8.78 Å². The second kappa shape index (κ2) is 3.77. The zero-order chi connectivity index (χ0) is 12.9. The number of carboxylic acids is 1. The minimum absolute atomic E-state index is 0.0403. The average Bonchev–Trinajstić information content (AvgIpc) is 3.17. The molecule has 1 aromatic carbocycles. The fourth-order valence-electron chi connectivity index (χ4n) is 2.49. The lowest BCUT2D eigenvalue weighted by Gasteiger charge is -2.16. The number of alkyl halides is 2. The monoisotopic (exact) mass is 252 g/mol. The van der Waals surface area contributed by atoms with Gasteiger partial charge in [-0.1, -0.05) is 18.2 Å². The molecule has 4 heteroatoms. The van der Waals surface area contributed by atoms with Gasteiger partial charge < -0.3 is 5.11 Å². The minimum atomic E-state index is -2.76. The maximum atomic E-state index is 13.9. The molecule has 2 aliphatic rings. The lowest BCUT2D eigenvalue weighted by atomic mass is 9.99. The summed E-state index contributed by atoms with van der Waals surface area (Å²) < 4.78 is 27.9. The van der Waals surface area contributed by atoms with Gasteiger partial charge in [0.15, 0.2) is 0 Å². The zero-order valence-corrected chi connectivity index (χ0v) is 9.77. The number of hydrogen-bond acceptors (Lipinski definition) is 1. The third-order valence-electron chi connectivity index (χ3n) is 3.90. The van der Waals surface area contributed by atoms with Gasteiger partial charge in [0.05, 0.1) is 5.92 Å². The van der Waals surface area contributed by atoms with Gasteiger partial charge in [-0.3, -0.25) is 4.79 Å². The van der Waals surface area contributed by atoms with Crippen molar-refractivity contribution in [3.8, 4) is 0 Å². The number of benzene rings is 1. The largest absolute Gasteiger partial charge is 0.481 e. The zero-order valence-electron chi connectivity index (χ0n) is 9.77. The summed E-state index contributed by atoms with van der Waals surface area (Å²) in [6, 6.07) is 6.30. The first-order chi connectivity index (χ1) is 8.50. The second-order valence-corrected chi connectivity index (χ2v) is 5.31. The molecule has 1 N–H and O–H groups in total. The van der Waals surface area contributed by atoms with Gasteiger partial charge in [-0.2, -0.15) is 0 Å². The molecule has 2 atom stereocenters. The van der Waals surface area contributed by atoms with Gasteiger partial charge in [-0.25, -0.2) is 8.78 Å². The van der Waals surface area contributed by atoms with Crippen LogP contribution in [0.2, 0.25) is 0 Å². The van der Waals surface area contributed by atoms with Crippen molar-refractivity contribution in [3.63, 3.8) is 0 Å². The molecule has 0 radical (unpaired) electrons. The summed E-state index contributed by atoms with van der Waals surface area (Å²) in [5, 5.41) is 8.86. The Hall–Kier alpha value is -1.45. The van der Waals surface area contributed by atoms with Crippen LogP contribution in [0.25, 0.3) is 0 Å². The summed E-state index contributed by atoms with van der Waals surface area (Å²) in [7, 11) is 0. The van der Waals surface area contributed by atoms with Crippen LogP contribution in [0, 0.1) is 11.8 Å². The topological polar surface area (TPSA) is 37.3 Å². The average molecular weight is 252 g/mol. The van der Waals surface area contributed by atoms with Gasteiger partial charge in [0, 0.05) is 11.5 Å². The Balaban J connectivity index is 1.84. The summed E-state index contributed by atoms with van der Waals surface area (Å²) in [5.74, 6) is -4.60. The Morgan fingerprint density at radius 1 is 1.33 bits per heavy atom. The molecule has 96 valence electrons. The van der Waals surface area contributed by atoms with Crippen LogP contribution in [0.5, 0.6) is 0 Å². The molecule has 2 saturated carbocycles. The molecule has 2 nitrogen and oxygen atoms in total. The Kier molecular flexibility index (Phi) is 2.44. The van der Waals surface area contributed by atoms with E-state index in [1.807, 2.05) is 0 Å². The molecule has 3 rings (SSSR count). The van der Waals surface area contributed by atoms with Crippen molar-refractivity contribution in [1.29, 1.82) is 0 Å². The first kappa shape index (κ1) is 11.6. The van der Waals surface area contributed by atoms with Crippen LogP contribution in [-0.4, -0.2) is 11.1 Å². The Morgan fingerprint density at radius 2 is 2.06 bits per heavy atom. The van der Waals surface area contributed by atoms with Crippen LogP contribution in [0.15, 0.2) is 24.3 Å². The maximum Gasteiger partial charge on any atom is 0.307 e. The first-order valence-corrected chi connectivity index (χ1v) is 6.21. The van der Waals surface area contributed by atoms with Crippen LogP contribution in [0.1, 0.15) is 36.3 Å².